The molecule has 0 N–H and O–H groups in total. The van der Waals surface area contributed by atoms with Gasteiger partial charge >= 0.3 is 6.18 Å². The van der Waals surface area contributed by atoms with Crippen LogP contribution < -0.4 is 0 Å². The molecule has 0 aromatic rings. The lowest BCUT2D eigenvalue weighted by atomic mass is 9.89. The van der Waals surface area contributed by atoms with Gasteiger partial charge in [0.25, 0.3) is 0 Å². The first-order valence-corrected chi connectivity index (χ1v) is 8.89. The topological polar surface area (TPSA) is 40.6 Å². The van der Waals surface area contributed by atoms with Gasteiger partial charge in [-0.25, -0.2) is 0 Å². The van der Waals surface area contributed by atoms with Crippen LogP contribution in [-0.2, 0) is 9.59 Å². The Labute approximate surface area is 141 Å². The van der Waals surface area contributed by atoms with Crippen LogP contribution in [-0.4, -0.2) is 52.5 Å². The molecule has 2 atom stereocenters. The Bertz CT molecular complexity index is 481. The lowest BCUT2D eigenvalue weighted by Gasteiger charge is -2.41. The van der Waals surface area contributed by atoms with Crippen molar-refractivity contribution in [2.24, 2.45) is 0 Å². The molecule has 2 aliphatic rings. The van der Waals surface area contributed by atoms with E-state index >= 15 is 0 Å². The SMILES string of the molecule is CCC[C@@]1(C(F)(F)F)CCCN1C(=O)C[C@H](C)N1CCCCC1=O. The monoisotopic (exact) mass is 348 g/mol. The van der Waals surface area contributed by atoms with E-state index in [1.807, 2.05) is 0 Å². The van der Waals surface area contributed by atoms with Crippen molar-refractivity contribution in [1.82, 2.24) is 9.80 Å². The number of rotatable bonds is 5. The van der Waals surface area contributed by atoms with E-state index in [1.54, 1.807) is 18.7 Å². The number of hydrogen-bond donors (Lipinski definition) is 0. The molecule has 2 heterocycles. The molecule has 2 aliphatic heterocycles. The zero-order chi connectivity index (χ0) is 18.0. The quantitative estimate of drug-likeness (QED) is 0.763. The molecule has 138 valence electrons. The standard InChI is InChI=1S/C17H27F3N2O2/c1-3-8-16(17(18,19)20)9-6-11-22(16)15(24)12-13(2)21-10-5-4-7-14(21)23/h13H,3-12H2,1-2H3/t13-,16-/m0/s1. The van der Waals surface area contributed by atoms with Gasteiger partial charge in [-0.1, -0.05) is 13.3 Å². The van der Waals surface area contributed by atoms with Crippen LogP contribution >= 0.6 is 0 Å². The summed E-state index contributed by atoms with van der Waals surface area (Å²) in [5.74, 6) is -0.484. The minimum Gasteiger partial charge on any atom is -0.339 e. The fourth-order valence-electron chi connectivity index (χ4n) is 4.12. The fraction of sp³-hybridized carbons (Fsp3) is 0.882. The maximum absolute atomic E-state index is 13.7. The van der Waals surface area contributed by atoms with Gasteiger partial charge in [-0.05, 0) is 39.0 Å². The van der Waals surface area contributed by atoms with E-state index in [-0.39, 0.29) is 37.8 Å². The summed E-state index contributed by atoms with van der Waals surface area (Å²) < 4.78 is 41.1. The molecule has 0 unspecified atom stereocenters. The molecule has 24 heavy (non-hydrogen) atoms. The Balaban J connectivity index is 2.11. The van der Waals surface area contributed by atoms with Crippen molar-refractivity contribution >= 4 is 11.8 Å². The van der Waals surface area contributed by atoms with Gasteiger partial charge < -0.3 is 9.80 Å². The number of hydrogen-bond acceptors (Lipinski definition) is 2. The summed E-state index contributed by atoms with van der Waals surface area (Å²) in [6.45, 7) is 4.21. The molecule has 0 aromatic carbocycles. The minimum absolute atomic E-state index is 0.00128. The summed E-state index contributed by atoms with van der Waals surface area (Å²) in [6, 6.07) is -0.349. The fourth-order valence-corrected chi connectivity index (χ4v) is 4.12. The van der Waals surface area contributed by atoms with Gasteiger partial charge in [0.2, 0.25) is 11.8 Å². The van der Waals surface area contributed by atoms with Gasteiger partial charge in [0, 0.05) is 32.0 Å². The van der Waals surface area contributed by atoms with Gasteiger partial charge in [-0.2, -0.15) is 13.2 Å². The first kappa shape index (κ1) is 19.1. The molecule has 0 saturated carbocycles. The summed E-state index contributed by atoms with van der Waals surface area (Å²) in [4.78, 5) is 27.3. The molecule has 7 heteroatoms. The van der Waals surface area contributed by atoms with E-state index in [0.717, 1.165) is 17.7 Å². The number of amides is 2. The van der Waals surface area contributed by atoms with Crippen LogP contribution in [0.15, 0.2) is 0 Å². The molecule has 0 spiro atoms. The molecule has 0 aromatic heterocycles. The van der Waals surface area contributed by atoms with E-state index in [9.17, 15) is 22.8 Å². The number of alkyl halides is 3. The minimum atomic E-state index is -4.42. The third-order valence-corrected chi connectivity index (χ3v) is 5.34. The van der Waals surface area contributed by atoms with Crippen molar-refractivity contribution in [2.45, 2.75) is 83.0 Å². The molecular weight excluding hydrogens is 321 g/mol. The van der Waals surface area contributed by atoms with Gasteiger partial charge in [0.15, 0.2) is 0 Å². The largest absolute Gasteiger partial charge is 0.411 e. The van der Waals surface area contributed by atoms with E-state index in [4.69, 9.17) is 0 Å². The van der Waals surface area contributed by atoms with Gasteiger partial charge in [0.05, 0.1) is 0 Å². The lowest BCUT2D eigenvalue weighted by molar-refractivity contribution is -0.226. The molecule has 0 bridgehead atoms. The van der Waals surface area contributed by atoms with Crippen LogP contribution in [0, 0.1) is 0 Å². The Hall–Kier alpha value is -1.27. The van der Waals surface area contributed by atoms with Gasteiger partial charge in [-0.15, -0.1) is 0 Å². The van der Waals surface area contributed by atoms with Crippen molar-refractivity contribution in [3.63, 3.8) is 0 Å². The molecule has 2 fully saturated rings. The highest BCUT2D eigenvalue weighted by Crippen LogP contribution is 2.46. The highest BCUT2D eigenvalue weighted by Gasteiger charge is 2.60. The number of carbonyl (C=O) groups is 2. The number of halogens is 3. The van der Waals surface area contributed by atoms with Gasteiger partial charge in [0.1, 0.15) is 5.54 Å². The number of nitrogens with zero attached hydrogens (tertiary/aromatic N) is 2. The van der Waals surface area contributed by atoms with Crippen LogP contribution in [0.3, 0.4) is 0 Å². The number of piperidine rings is 1. The summed E-state index contributed by atoms with van der Waals surface area (Å²) >= 11 is 0. The maximum atomic E-state index is 13.7. The second kappa shape index (κ2) is 7.31. The first-order chi connectivity index (χ1) is 11.2. The molecule has 0 radical (unpaired) electrons. The maximum Gasteiger partial charge on any atom is 0.411 e. The van der Waals surface area contributed by atoms with Crippen LogP contribution in [0.4, 0.5) is 13.2 Å². The molecule has 0 aliphatic carbocycles. The second-order valence-electron chi connectivity index (χ2n) is 7.03. The number of carbonyl (C=O) groups excluding carboxylic acids is 2. The highest BCUT2D eigenvalue weighted by molar-refractivity contribution is 5.81. The molecule has 4 nitrogen and oxygen atoms in total. The lowest BCUT2D eigenvalue weighted by Crippen LogP contribution is -2.58. The Kier molecular flexibility index (Phi) is 5.81. The first-order valence-electron chi connectivity index (χ1n) is 8.89. The zero-order valence-corrected chi connectivity index (χ0v) is 14.5. The normalized spacial score (nSPS) is 26.8. The summed E-state index contributed by atoms with van der Waals surface area (Å²) in [7, 11) is 0. The Morgan fingerprint density at radius 2 is 1.96 bits per heavy atom. The van der Waals surface area contributed by atoms with Crippen molar-refractivity contribution in [2.75, 3.05) is 13.1 Å². The third kappa shape index (κ3) is 3.54. The zero-order valence-electron chi connectivity index (χ0n) is 14.5. The molecule has 2 saturated heterocycles. The molecular formula is C17H27F3N2O2. The van der Waals surface area contributed by atoms with Crippen molar-refractivity contribution < 1.29 is 22.8 Å². The predicted molar refractivity (Wildman–Crippen MR) is 84.3 cm³/mol. The van der Waals surface area contributed by atoms with Crippen LogP contribution in [0.2, 0.25) is 0 Å². The van der Waals surface area contributed by atoms with Gasteiger partial charge in [-0.3, -0.25) is 9.59 Å². The average Bonchev–Trinajstić information content (AvgIpc) is 2.93. The summed E-state index contributed by atoms with van der Waals surface area (Å²) in [5.41, 5.74) is -2.02. The van der Waals surface area contributed by atoms with Crippen LogP contribution in [0.1, 0.15) is 65.2 Å². The predicted octanol–water partition coefficient (Wildman–Crippen LogP) is 3.50. The van der Waals surface area contributed by atoms with E-state index in [1.165, 1.54) is 0 Å². The van der Waals surface area contributed by atoms with E-state index < -0.39 is 17.6 Å². The highest BCUT2D eigenvalue weighted by atomic mass is 19.4. The summed E-state index contributed by atoms with van der Waals surface area (Å²) in [5, 5.41) is 0. The number of likely N-dealkylation sites (tertiary alicyclic amines) is 2. The third-order valence-electron chi connectivity index (χ3n) is 5.34. The molecule has 2 amide bonds. The van der Waals surface area contributed by atoms with E-state index in [0.29, 0.717) is 25.8 Å². The average molecular weight is 348 g/mol. The summed E-state index contributed by atoms with van der Waals surface area (Å²) in [6.07, 6.45) is -1.58. The van der Waals surface area contributed by atoms with E-state index in [2.05, 4.69) is 0 Å². The van der Waals surface area contributed by atoms with Crippen molar-refractivity contribution in [3.8, 4) is 0 Å². The van der Waals surface area contributed by atoms with Crippen molar-refractivity contribution in [3.05, 3.63) is 0 Å². The Morgan fingerprint density at radius 1 is 1.25 bits per heavy atom. The smallest absolute Gasteiger partial charge is 0.339 e. The van der Waals surface area contributed by atoms with Crippen molar-refractivity contribution in [1.29, 1.82) is 0 Å². The van der Waals surface area contributed by atoms with Crippen LogP contribution in [0.5, 0.6) is 0 Å². The van der Waals surface area contributed by atoms with Crippen LogP contribution in [0.25, 0.3) is 0 Å². The molecule has 2 rings (SSSR count). The Morgan fingerprint density at radius 3 is 2.54 bits per heavy atom. The second-order valence-corrected chi connectivity index (χ2v) is 7.03.